The minimum Gasteiger partial charge on any atom is -0.415 e. The summed E-state index contributed by atoms with van der Waals surface area (Å²) in [4.78, 5) is 0. The van der Waals surface area contributed by atoms with Gasteiger partial charge in [0, 0.05) is 29.4 Å². The third kappa shape index (κ3) is 3.76. The van der Waals surface area contributed by atoms with Crippen molar-refractivity contribution in [2.75, 3.05) is 5.32 Å². The van der Waals surface area contributed by atoms with E-state index in [1.165, 1.54) is 18.2 Å². The van der Waals surface area contributed by atoms with Gasteiger partial charge in [-0.15, -0.1) is 10.2 Å². The highest BCUT2D eigenvalue weighted by molar-refractivity contribution is 5.54. The molecule has 0 saturated carbocycles. The summed E-state index contributed by atoms with van der Waals surface area (Å²) in [5, 5.41) is 9.35. The normalized spacial score (nSPS) is 11.1. The van der Waals surface area contributed by atoms with Crippen molar-refractivity contribution in [3.63, 3.8) is 0 Å². The van der Waals surface area contributed by atoms with E-state index in [2.05, 4.69) is 15.5 Å². The van der Waals surface area contributed by atoms with Crippen molar-refractivity contribution < 1.29 is 26.4 Å². The fourth-order valence-corrected chi connectivity index (χ4v) is 2.07. The number of benzene rings is 2. The number of alkyl halides is 2. The molecule has 4 nitrogen and oxygen atoms in total. The number of hydrogen-bond donors (Lipinski definition) is 1. The van der Waals surface area contributed by atoms with Crippen molar-refractivity contribution in [3.8, 4) is 11.5 Å². The molecular weight excluding hydrogens is 345 g/mol. The van der Waals surface area contributed by atoms with Crippen LogP contribution in [0.1, 0.15) is 17.9 Å². The summed E-state index contributed by atoms with van der Waals surface area (Å²) in [6, 6.07) is 7.09. The highest BCUT2D eigenvalue weighted by Crippen LogP contribution is 2.25. The standard InChI is InChI=1S/C16H10F5N3O/c17-11-4-3-10(6-13(11)19)22-7-9-2-1-8(5-12(9)18)15-23-24-16(25-15)14(20)21/h1-6,14,22H,7H2. The van der Waals surface area contributed by atoms with Gasteiger partial charge >= 0.3 is 6.43 Å². The smallest absolute Gasteiger partial charge is 0.314 e. The molecule has 0 atom stereocenters. The van der Waals surface area contributed by atoms with Crippen LogP contribution in [0, 0.1) is 17.5 Å². The van der Waals surface area contributed by atoms with Gasteiger partial charge in [-0.3, -0.25) is 0 Å². The molecule has 0 aliphatic rings. The number of rotatable bonds is 5. The van der Waals surface area contributed by atoms with Crippen LogP contribution in [-0.4, -0.2) is 10.2 Å². The van der Waals surface area contributed by atoms with E-state index in [1.54, 1.807) is 0 Å². The maximum absolute atomic E-state index is 14.1. The molecule has 3 aromatic rings. The average Bonchev–Trinajstić information content (AvgIpc) is 3.07. The molecule has 0 fully saturated rings. The minimum absolute atomic E-state index is 0.00328. The van der Waals surface area contributed by atoms with E-state index in [0.29, 0.717) is 0 Å². The van der Waals surface area contributed by atoms with Crippen LogP contribution in [0.5, 0.6) is 0 Å². The van der Waals surface area contributed by atoms with Crippen LogP contribution < -0.4 is 5.32 Å². The molecule has 1 aromatic heterocycles. The van der Waals surface area contributed by atoms with Crippen LogP contribution in [0.15, 0.2) is 40.8 Å². The number of aromatic nitrogens is 2. The molecule has 0 radical (unpaired) electrons. The van der Waals surface area contributed by atoms with Crippen molar-refractivity contribution >= 4 is 5.69 Å². The highest BCUT2D eigenvalue weighted by Gasteiger charge is 2.17. The predicted molar refractivity (Wildman–Crippen MR) is 78.3 cm³/mol. The molecule has 25 heavy (non-hydrogen) atoms. The molecular formula is C16H10F5N3O. The molecule has 0 aliphatic carbocycles. The molecule has 2 aromatic carbocycles. The number of nitrogens with zero attached hydrogens (tertiary/aromatic N) is 2. The average molecular weight is 355 g/mol. The summed E-state index contributed by atoms with van der Waals surface area (Å²) in [5.74, 6) is -3.73. The van der Waals surface area contributed by atoms with Crippen molar-refractivity contribution in [3.05, 3.63) is 65.3 Å². The molecule has 0 bridgehead atoms. The first-order valence-corrected chi connectivity index (χ1v) is 7.03. The molecule has 0 unspecified atom stereocenters. The molecule has 0 amide bonds. The Labute approximate surface area is 138 Å². The van der Waals surface area contributed by atoms with Gasteiger partial charge in [-0.25, -0.2) is 13.2 Å². The van der Waals surface area contributed by atoms with Crippen molar-refractivity contribution in [1.29, 1.82) is 0 Å². The van der Waals surface area contributed by atoms with Crippen molar-refractivity contribution in [2.45, 2.75) is 13.0 Å². The SMILES string of the molecule is Fc1ccc(NCc2ccc(-c3nnc(C(F)F)o3)cc2F)cc1F. The molecule has 1 heterocycles. The first kappa shape index (κ1) is 16.9. The quantitative estimate of drug-likeness (QED) is 0.674. The van der Waals surface area contributed by atoms with Gasteiger partial charge in [0.25, 0.3) is 5.89 Å². The number of halogens is 5. The molecule has 1 N–H and O–H groups in total. The van der Waals surface area contributed by atoms with E-state index in [0.717, 1.165) is 18.2 Å². The van der Waals surface area contributed by atoms with Gasteiger partial charge in [0.15, 0.2) is 11.6 Å². The lowest BCUT2D eigenvalue weighted by Crippen LogP contribution is -2.02. The second-order valence-electron chi connectivity index (χ2n) is 5.03. The van der Waals surface area contributed by atoms with E-state index in [1.807, 2.05) is 0 Å². The molecule has 0 aliphatic heterocycles. The Morgan fingerprint density at radius 1 is 0.920 bits per heavy atom. The van der Waals surface area contributed by atoms with Crippen molar-refractivity contribution in [1.82, 2.24) is 10.2 Å². The second kappa shape index (κ2) is 6.88. The van der Waals surface area contributed by atoms with E-state index >= 15 is 0 Å². The molecule has 0 spiro atoms. The first-order chi connectivity index (χ1) is 11.9. The topological polar surface area (TPSA) is 51.0 Å². The highest BCUT2D eigenvalue weighted by atomic mass is 19.3. The summed E-state index contributed by atoms with van der Waals surface area (Å²) in [7, 11) is 0. The molecule has 130 valence electrons. The monoisotopic (exact) mass is 355 g/mol. The maximum atomic E-state index is 14.1. The van der Waals surface area contributed by atoms with Crippen LogP contribution in [0.25, 0.3) is 11.5 Å². The van der Waals surface area contributed by atoms with Gasteiger partial charge in [-0.2, -0.15) is 8.78 Å². The van der Waals surface area contributed by atoms with E-state index in [4.69, 9.17) is 4.42 Å². The Morgan fingerprint density at radius 2 is 1.72 bits per heavy atom. The molecule has 0 saturated heterocycles. The van der Waals surface area contributed by atoms with Gasteiger partial charge in [-0.05, 0) is 24.3 Å². The zero-order valence-electron chi connectivity index (χ0n) is 12.4. The first-order valence-electron chi connectivity index (χ1n) is 7.03. The van der Waals surface area contributed by atoms with Gasteiger partial charge < -0.3 is 9.73 Å². The summed E-state index contributed by atoms with van der Waals surface area (Å²) in [6.45, 7) is 0.00328. The van der Waals surface area contributed by atoms with Gasteiger partial charge in [-0.1, -0.05) is 6.07 Å². The summed E-state index contributed by atoms with van der Waals surface area (Å²) in [6.07, 6.45) is -2.91. The lowest BCUT2D eigenvalue weighted by Gasteiger charge is -2.08. The van der Waals surface area contributed by atoms with E-state index in [9.17, 15) is 22.0 Å². The Hall–Kier alpha value is -2.97. The third-order valence-electron chi connectivity index (χ3n) is 3.33. The van der Waals surface area contributed by atoms with Crippen LogP contribution >= 0.6 is 0 Å². The molecule has 3 rings (SSSR count). The van der Waals surface area contributed by atoms with Crippen molar-refractivity contribution in [2.24, 2.45) is 0 Å². The maximum Gasteiger partial charge on any atom is 0.314 e. The minimum atomic E-state index is -2.91. The Morgan fingerprint density at radius 3 is 2.36 bits per heavy atom. The Bertz CT molecular complexity index is 897. The lowest BCUT2D eigenvalue weighted by atomic mass is 10.1. The summed E-state index contributed by atoms with van der Waals surface area (Å²) in [5.41, 5.74) is 0.649. The van der Waals surface area contributed by atoms with E-state index < -0.39 is 29.8 Å². The fourth-order valence-electron chi connectivity index (χ4n) is 2.07. The van der Waals surface area contributed by atoms with Crippen LogP contribution in [-0.2, 0) is 6.54 Å². The van der Waals surface area contributed by atoms with Crippen LogP contribution in [0.3, 0.4) is 0 Å². The number of nitrogens with one attached hydrogen (secondary N) is 1. The van der Waals surface area contributed by atoms with Gasteiger partial charge in [0.1, 0.15) is 5.82 Å². The van der Waals surface area contributed by atoms with Crippen LogP contribution in [0.4, 0.5) is 27.6 Å². The Kier molecular flexibility index (Phi) is 4.64. The van der Waals surface area contributed by atoms with E-state index in [-0.39, 0.29) is 29.2 Å². The zero-order chi connectivity index (χ0) is 18.0. The predicted octanol–water partition coefficient (Wildman–Crippen LogP) is 4.70. The zero-order valence-corrected chi connectivity index (χ0v) is 12.4. The van der Waals surface area contributed by atoms with Gasteiger partial charge in [0.2, 0.25) is 5.89 Å². The second-order valence-corrected chi connectivity index (χ2v) is 5.03. The Balaban J connectivity index is 1.74. The lowest BCUT2D eigenvalue weighted by molar-refractivity contribution is 0.116. The summed E-state index contributed by atoms with van der Waals surface area (Å²) < 4.78 is 69.7. The number of anilines is 1. The summed E-state index contributed by atoms with van der Waals surface area (Å²) >= 11 is 0. The fraction of sp³-hybridized carbons (Fsp3) is 0.125. The molecule has 9 heteroatoms. The largest absolute Gasteiger partial charge is 0.415 e. The third-order valence-corrected chi connectivity index (χ3v) is 3.33. The number of hydrogen-bond acceptors (Lipinski definition) is 4. The van der Waals surface area contributed by atoms with Gasteiger partial charge in [0.05, 0.1) is 0 Å². The van der Waals surface area contributed by atoms with Crippen LogP contribution in [0.2, 0.25) is 0 Å².